The molecule has 0 aliphatic heterocycles. The maximum atomic E-state index is 10.4. The maximum absolute atomic E-state index is 10.4. The van der Waals surface area contributed by atoms with Crippen LogP contribution in [0.5, 0.6) is 0 Å². The van der Waals surface area contributed by atoms with Gasteiger partial charge in [-0.2, -0.15) is 0 Å². The Morgan fingerprint density at radius 3 is 2.16 bits per heavy atom. The molecule has 102 valence electrons. The van der Waals surface area contributed by atoms with Gasteiger partial charge in [0.1, 0.15) is 6.10 Å². The van der Waals surface area contributed by atoms with Crippen LogP contribution < -0.4 is 0 Å². The number of thiophene rings is 1. The van der Waals surface area contributed by atoms with Gasteiger partial charge in [-0.15, -0.1) is 11.3 Å². The van der Waals surface area contributed by atoms with E-state index in [1.54, 1.807) is 11.3 Å². The minimum Gasteiger partial charge on any atom is -0.383 e. The van der Waals surface area contributed by atoms with Crippen LogP contribution in [0.4, 0.5) is 0 Å². The highest BCUT2D eigenvalue weighted by atomic mass is 32.1. The summed E-state index contributed by atoms with van der Waals surface area (Å²) in [5, 5.41) is 10.4. The number of aliphatic hydroxyl groups excluding tert-OH is 1. The quantitative estimate of drug-likeness (QED) is 0.861. The van der Waals surface area contributed by atoms with Crippen molar-refractivity contribution in [3.05, 3.63) is 57.3 Å². The van der Waals surface area contributed by atoms with Gasteiger partial charge < -0.3 is 5.11 Å². The summed E-state index contributed by atoms with van der Waals surface area (Å²) in [6.45, 7) is 8.74. The Morgan fingerprint density at radius 2 is 1.68 bits per heavy atom. The monoisotopic (exact) mass is 274 g/mol. The highest BCUT2D eigenvalue weighted by Gasteiger charge is 2.16. The third-order valence-corrected chi connectivity index (χ3v) is 4.67. The molecule has 0 saturated carbocycles. The molecule has 0 aliphatic rings. The smallest absolute Gasteiger partial charge is 0.113 e. The Labute approximate surface area is 119 Å². The summed E-state index contributed by atoms with van der Waals surface area (Å²) < 4.78 is 0. The van der Waals surface area contributed by atoms with Crippen molar-refractivity contribution in [2.24, 2.45) is 0 Å². The van der Waals surface area contributed by atoms with E-state index in [0.717, 1.165) is 16.9 Å². The SMILES string of the molecule is CCc1ccc(C(O)c2ccc(C(C)(C)C)cc2)s1. The number of rotatable bonds is 3. The van der Waals surface area contributed by atoms with Crippen LogP contribution in [-0.2, 0) is 11.8 Å². The lowest BCUT2D eigenvalue weighted by molar-refractivity contribution is 0.224. The van der Waals surface area contributed by atoms with Crippen molar-refractivity contribution in [3.63, 3.8) is 0 Å². The van der Waals surface area contributed by atoms with Crippen molar-refractivity contribution in [1.82, 2.24) is 0 Å². The summed E-state index contributed by atoms with van der Waals surface area (Å²) in [6, 6.07) is 12.4. The Balaban J connectivity index is 2.22. The molecule has 0 spiro atoms. The van der Waals surface area contributed by atoms with Crippen LogP contribution in [0.3, 0.4) is 0 Å². The van der Waals surface area contributed by atoms with Gasteiger partial charge in [-0.3, -0.25) is 0 Å². The standard InChI is InChI=1S/C17H22OS/c1-5-14-10-11-15(19-14)16(18)12-6-8-13(9-7-12)17(2,3)4/h6-11,16,18H,5H2,1-4H3. The average Bonchev–Trinajstić information content (AvgIpc) is 2.86. The van der Waals surface area contributed by atoms with Crippen LogP contribution in [0.15, 0.2) is 36.4 Å². The van der Waals surface area contributed by atoms with Gasteiger partial charge in [0.25, 0.3) is 0 Å². The Hall–Kier alpha value is -1.12. The topological polar surface area (TPSA) is 20.2 Å². The van der Waals surface area contributed by atoms with Gasteiger partial charge in [-0.25, -0.2) is 0 Å². The summed E-state index contributed by atoms with van der Waals surface area (Å²) in [6.07, 6.45) is 0.527. The molecule has 1 N–H and O–H groups in total. The number of hydrogen-bond acceptors (Lipinski definition) is 2. The fraction of sp³-hybridized carbons (Fsp3) is 0.412. The zero-order chi connectivity index (χ0) is 14.0. The lowest BCUT2D eigenvalue weighted by atomic mass is 9.86. The van der Waals surface area contributed by atoms with Crippen molar-refractivity contribution in [2.45, 2.75) is 45.6 Å². The van der Waals surface area contributed by atoms with Crippen LogP contribution in [0.25, 0.3) is 0 Å². The minimum atomic E-state index is -0.501. The predicted octanol–water partition coefficient (Wildman–Crippen LogP) is 4.69. The summed E-state index contributed by atoms with van der Waals surface area (Å²) in [4.78, 5) is 2.35. The second kappa shape index (κ2) is 5.48. The van der Waals surface area contributed by atoms with Gasteiger partial charge in [-0.1, -0.05) is 52.0 Å². The highest BCUT2D eigenvalue weighted by molar-refractivity contribution is 7.12. The molecule has 1 nitrogen and oxygen atoms in total. The molecule has 1 aromatic heterocycles. The van der Waals surface area contributed by atoms with Crippen LogP contribution in [0, 0.1) is 0 Å². The van der Waals surface area contributed by atoms with Gasteiger partial charge in [0.05, 0.1) is 0 Å². The second-order valence-electron chi connectivity index (χ2n) is 5.93. The fourth-order valence-corrected chi connectivity index (χ4v) is 3.03. The van der Waals surface area contributed by atoms with E-state index in [9.17, 15) is 5.11 Å². The predicted molar refractivity (Wildman–Crippen MR) is 82.9 cm³/mol. The van der Waals surface area contributed by atoms with Gasteiger partial charge in [0.15, 0.2) is 0 Å². The minimum absolute atomic E-state index is 0.155. The largest absolute Gasteiger partial charge is 0.383 e. The molecule has 19 heavy (non-hydrogen) atoms. The molecule has 0 aliphatic carbocycles. The van der Waals surface area contributed by atoms with Crippen LogP contribution in [0.1, 0.15) is 54.7 Å². The first-order chi connectivity index (χ1) is 8.91. The zero-order valence-electron chi connectivity index (χ0n) is 12.1. The fourth-order valence-electron chi connectivity index (χ4n) is 2.06. The lowest BCUT2D eigenvalue weighted by Gasteiger charge is -2.19. The number of hydrogen-bond donors (Lipinski definition) is 1. The van der Waals surface area contributed by atoms with E-state index >= 15 is 0 Å². The van der Waals surface area contributed by atoms with Crippen molar-refractivity contribution in [3.8, 4) is 0 Å². The molecule has 0 saturated heterocycles. The van der Waals surface area contributed by atoms with Gasteiger partial charge in [-0.05, 0) is 35.1 Å². The zero-order valence-corrected chi connectivity index (χ0v) is 12.9. The maximum Gasteiger partial charge on any atom is 0.113 e. The summed E-state index contributed by atoms with van der Waals surface area (Å²) in [5.74, 6) is 0. The Bertz CT molecular complexity index is 531. The van der Waals surface area contributed by atoms with Crippen molar-refractivity contribution in [2.75, 3.05) is 0 Å². The van der Waals surface area contributed by atoms with E-state index < -0.39 is 6.10 Å². The van der Waals surface area contributed by atoms with Gasteiger partial charge in [0, 0.05) is 9.75 Å². The van der Waals surface area contributed by atoms with Gasteiger partial charge in [0.2, 0.25) is 0 Å². The summed E-state index contributed by atoms with van der Waals surface area (Å²) >= 11 is 1.70. The second-order valence-corrected chi connectivity index (χ2v) is 7.13. The molecule has 2 aromatic rings. The van der Waals surface area contributed by atoms with Gasteiger partial charge >= 0.3 is 0 Å². The number of benzene rings is 1. The Kier molecular flexibility index (Phi) is 4.12. The third-order valence-electron chi connectivity index (χ3n) is 3.39. The van der Waals surface area contributed by atoms with Crippen LogP contribution in [0.2, 0.25) is 0 Å². The van der Waals surface area contributed by atoms with E-state index in [2.05, 4.69) is 45.9 Å². The first-order valence-electron chi connectivity index (χ1n) is 6.79. The van der Waals surface area contributed by atoms with E-state index in [-0.39, 0.29) is 5.41 Å². The lowest BCUT2D eigenvalue weighted by Crippen LogP contribution is -2.11. The van der Waals surface area contributed by atoms with E-state index in [4.69, 9.17) is 0 Å². The molecule has 2 heteroatoms. The average molecular weight is 274 g/mol. The van der Waals surface area contributed by atoms with E-state index in [1.165, 1.54) is 10.4 Å². The molecule has 1 heterocycles. The molecular weight excluding hydrogens is 252 g/mol. The first-order valence-corrected chi connectivity index (χ1v) is 7.60. The number of aryl methyl sites for hydroxylation is 1. The number of aliphatic hydroxyl groups is 1. The van der Waals surface area contributed by atoms with Crippen LogP contribution >= 0.6 is 11.3 Å². The molecule has 0 radical (unpaired) electrons. The molecule has 0 fully saturated rings. The highest BCUT2D eigenvalue weighted by Crippen LogP contribution is 2.30. The molecule has 1 unspecified atom stereocenters. The molecule has 1 aromatic carbocycles. The molecule has 0 amide bonds. The molecule has 0 bridgehead atoms. The van der Waals surface area contributed by atoms with Crippen molar-refractivity contribution < 1.29 is 5.11 Å². The summed E-state index contributed by atoms with van der Waals surface area (Å²) in [5.41, 5.74) is 2.42. The summed E-state index contributed by atoms with van der Waals surface area (Å²) in [7, 11) is 0. The van der Waals surface area contributed by atoms with Crippen molar-refractivity contribution in [1.29, 1.82) is 0 Å². The van der Waals surface area contributed by atoms with Crippen LogP contribution in [-0.4, -0.2) is 5.11 Å². The van der Waals surface area contributed by atoms with E-state index in [1.807, 2.05) is 18.2 Å². The third kappa shape index (κ3) is 3.26. The van der Waals surface area contributed by atoms with E-state index in [0.29, 0.717) is 0 Å². The molecule has 1 atom stereocenters. The Morgan fingerprint density at radius 1 is 1.05 bits per heavy atom. The van der Waals surface area contributed by atoms with Crippen molar-refractivity contribution >= 4 is 11.3 Å². The normalized spacial score (nSPS) is 13.5. The molecular formula is C17H22OS. The first kappa shape index (κ1) is 14.3. The molecule has 2 rings (SSSR count).